The van der Waals surface area contributed by atoms with Crippen molar-refractivity contribution >= 4 is 29.2 Å². The van der Waals surface area contributed by atoms with Crippen molar-refractivity contribution in [2.45, 2.75) is 26.3 Å². The molecule has 2 heterocycles. The Morgan fingerprint density at radius 3 is 2.83 bits per heavy atom. The van der Waals surface area contributed by atoms with E-state index in [2.05, 4.69) is 10.3 Å². The first-order chi connectivity index (χ1) is 8.63. The van der Waals surface area contributed by atoms with E-state index >= 15 is 0 Å². The number of nitrogens with one attached hydrogen (secondary N) is 1. The van der Waals surface area contributed by atoms with Crippen molar-refractivity contribution in [2.75, 3.05) is 0 Å². The first-order valence-electron chi connectivity index (χ1n) is 5.67. The van der Waals surface area contributed by atoms with Crippen molar-refractivity contribution in [3.05, 3.63) is 16.6 Å². The van der Waals surface area contributed by atoms with Crippen LogP contribution < -0.4 is 5.32 Å². The van der Waals surface area contributed by atoms with Crippen LogP contribution >= 0.6 is 11.3 Å². The summed E-state index contributed by atoms with van der Waals surface area (Å²) >= 11 is 1.37. The van der Waals surface area contributed by atoms with E-state index in [1.165, 1.54) is 11.3 Å². The number of aromatic nitrogens is 1. The van der Waals surface area contributed by atoms with Gasteiger partial charge in [0.15, 0.2) is 0 Å². The number of hydrogen-bond donors (Lipinski definition) is 1. The number of carbonyl (C=O) groups excluding carboxylic acids is 3. The highest BCUT2D eigenvalue weighted by Crippen LogP contribution is 2.19. The summed E-state index contributed by atoms with van der Waals surface area (Å²) in [5.74, 6) is -1.66. The molecular weight excluding hydrogens is 254 g/mol. The fraction of sp³-hybridized carbons (Fsp3) is 0.455. The molecule has 1 aromatic rings. The van der Waals surface area contributed by atoms with Crippen molar-refractivity contribution in [3.8, 4) is 0 Å². The van der Waals surface area contributed by atoms with Gasteiger partial charge in [-0.1, -0.05) is 13.3 Å². The summed E-state index contributed by atoms with van der Waals surface area (Å²) < 4.78 is 0. The molecular formula is C11H13N3O3S. The fourth-order valence-corrected chi connectivity index (χ4v) is 2.41. The summed E-state index contributed by atoms with van der Waals surface area (Å²) in [4.78, 5) is 41.1. The normalized spacial score (nSPS) is 20.2. The van der Waals surface area contributed by atoms with E-state index in [0.717, 1.165) is 9.78 Å². The number of barbiturate groups is 1. The molecule has 96 valence electrons. The zero-order valence-electron chi connectivity index (χ0n) is 9.88. The highest BCUT2D eigenvalue weighted by Gasteiger charge is 2.39. The van der Waals surface area contributed by atoms with Gasteiger partial charge in [-0.2, -0.15) is 0 Å². The Kier molecular flexibility index (Phi) is 3.71. The summed E-state index contributed by atoms with van der Waals surface area (Å²) in [7, 11) is 0. The van der Waals surface area contributed by atoms with Crippen molar-refractivity contribution in [2.24, 2.45) is 5.92 Å². The summed E-state index contributed by atoms with van der Waals surface area (Å²) in [6.07, 6.45) is 2.78. The summed E-state index contributed by atoms with van der Waals surface area (Å²) in [5, 5.41) is 2.22. The highest BCUT2D eigenvalue weighted by molar-refractivity contribution is 7.09. The fourth-order valence-electron chi connectivity index (χ4n) is 1.83. The summed E-state index contributed by atoms with van der Waals surface area (Å²) in [5.41, 5.74) is 1.64. The molecule has 4 amide bonds. The Morgan fingerprint density at radius 1 is 1.44 bits per heavy atom. The van der Waals surface area contributed by atoms with Gasteiger partial charge in [-0.25, -0.2) is 4.79 Å². The average Bonchev–Trinajstić information content (AvgIpc) is 2.83. The zero-order valence-corrected chi connectivity index (χ0v) is 10.7. The van der Waals surface area contributed by atoms with E-state index in [4.69, 9.17) is 0 Å². The molecule has 7 heteroatoms. The lowest BCUT2D eigenvalue weighted by molar-refractivity contribution is -0.143. The summed E-state index contributed by atoms with van der Waals surface area (Å²) in [6, 6.07) is -0.647. The molecule has 2 rings (SSSR count). The second-order valence-electron chi connectivity index (χ2n) is 4.03. The molecule has 1 fully saturated rings. The van der Waals surface area contributed by atoms with Crippen LogP contribution in [0.4, 0.5) is 4.79 Å². The molecule has 6 nitrogen and oxygen atoms in total. The third-order valence-electron chi connectivity index (χ3n) is 2.73. The highest BCUT2D eigenvalue weighted by atomic mass is 32.1. The van der Waals surface area contributed by atoms with Crippen LogP contribution in [0.15, 0.2) is 11.7 Å². The Bertz CT molecular complexity index is 472. The van der Waals surface area contributed by atoms with E-state index in [1.54, 1.807) is 11.7 Å². The van der Waals surface area contributed by atoms with E-state index in [1.807, 2.05) is 6.92 Å². The molecule has 1 aliphatic heterocycles. The monoisotopic (exact) mass is 267 g/mol. The van der Waals surface area contributed by atoms with Crippen LogP contribution in [0.3, 0.4) is 0 Å². The molecule has 1 aliphatic rings. The molecule has 0 aliphatic carbocycles. The summed E-state index contributed by atoms with van der Waals surface area (Å²) in [6.45, 7) is 2.06. The van der Waals surface area contributed by atoms with Crippen molar-refractivity contribution in [1.29, 1.82) is 0 Å². The van der Waals surface area contributed by atoms with Crippen molar-refractivity contribution < 1.29 is 14.4 Å². The van der Waals surface area contributed by atoms with Crippen LogP contribution in [0, 0.1) is 5.92 Å². The van der Waals surface area contributed by atoms with Gasteiger partial charge < -0.3 is 0 Å². The second kappa shape index (κ2) is 5.26. The minimum atomic E-state index is -0.749. The largest absolute Gasteiger partial charge is 0.331 e. The number of imide groups is 2. The van der Waals surface area contributed by atoms with Gasteiger partial charge in [0.25, 0.3) is 0 Å². The van der Waals surface area contributed by atoms with Crippen LogP contribution in [0.5, 0.6) is 0 Å². The molecule has 0 saturated carbocycles. The Hall–Kier alpha value is -1.76. The van der Waals surface area contributed by atoms with Crippen LogP contribution in [0.1, 0.15) is 24.6 Å². The number of amides is 4. The van der Waals surface area contributed by atoms with Gasteiger partial charge in [-0.05, 0) is 6.42 Å². The molecule has 1 atom stereocenters. The predicted molar refractivity (Wildman–Crippen MR) is 64.6 cm³/mol. The lowest BCUT2D eigenvalue weighted by atomic mass is 9.99. The first kappa shape index (κ1) is 12.7. The van der Waals surface area contributed by atoms with Gasteiger partial charge in [0, 0.05) is 11.1 Å². The second-order valence-corrected chi connectivity index (χ2v) is 5.00. The van der Waals surface area contributed by atoms with E-state index in [-0.39, 0.29) is 6.54 Å². The molecule has 1 N–H and O–H groups in total. The Morgan fingerprint density at radius 2 is 2.22 bits per heavy atom. The van der Waals surface area contributed by atoms with Crippen molar-refractivity contribution in [1.82, 2.24) is 15.2 Å². The molecule has 0 bridgehead atoms. The maximum atomic E-state index is 12.1. The maximum absolute atomic E-state index is 12.1. The third-order valence-corrected chi connectivity index (χ3v) is 3.50. The zero-order chi connectivity index (χ0) is 13.1. The Balaban J connectivity index is 2.15. The minimum Gasteiger partial charge on any atom is -0.277 e. The number of rotatable bonds is 4. The molecule has 0 radical (unpaired) electrons. The van der Waals surface area contributed by atoms with Crippen LogP contribution in [-0.4, -0.2) is 27.7 Å². The number of urea groups is 1. The maximum Gasteiger partial charge on any atom is 0.331 e. The number of nitrogens with zero attached hydrogens (tertiary/aromatic N) is 2. The number of thiazole rings is 1. The Labute approximate surface area is 108 Å². The smallest absolute Gasteiger partial charge is 0.277 e. The molecule has 1 aromatic heterocycles. The van der Waals surface area contributed by atoms with E-state index < -0.39 is 23.8 Å². The number of carbonyl (C=O) groups is 3. The molecule has 1 unspecified atom stereocenters. The molecule has 1 saturated heterocycles. The molecule has 18 heavy (non-hydrogen) atoms. The standard InChI is InChI=1S/C11H13N3O3S/c1-2-3-8-9(15)13-11(17)14(10(8)16)5-7-4-12-6-18-7/h4,6,8H,2-3,5H2,1H3,(H,13,15,17). The van der Waals surface area contributed by atoms with E-state index in [0.29, 0.717) is 12.8 Å². The van der Waals surface area contributed by atoms with Crippen LogP contribution in [0.2, 0.25) is 0 Å². The van der Waals surface area contributed by atoms with Gasteiger partial charge in [0.05, 0.1) is 12.1 Å². The first-order valence-corrected chi connectivity index (χ1v) is 6.55. The lowest BCUT2D eigenvalue weighted by Crippen LogP contribution is -2.57. The quantitative estimate of drug-likeness (QED) is 0.830. The topological polar surface area (TPSA) is 79.4 Å². The van der Waals surface area contributed by atoms with Crippen molar-refractivity contribution in [3.63, 3.8) is 0 Å². The molecule has 0 spiro atoms. The van der Waals surface area contributed by atoms with E-state index in [9.17, 15) is 14.4 Å². The SMILES string of the molecule is CCCC1C(=O)NC(=O)N(Cc2cncs2)C1=O. The average molecular weight is 267 g/mol. The van der Waals surface area contributed by atoms with Crippen LogP contribution in [0.25, 0.3) is 0 Å². The van der Waals surface area contributed by atoms with Crippen LogP contribution in [-0.2, 0) is 16.1 Å². The van der Waals surface area contributed by atoms with Gasteiger partial charge in [-0.3, -0.25) is 24.8 Å². The minimum absolute atomic E-state index is 0.169. The van der Waals surface area contributed by atoms with Gasteiger partial charge >= 0.3 is 6.03 Å². The lowest BCUT2D eigenvalue weighted by Gasteiger charge is -2.29. The van der Waals surface area contributed by atoms with Gasteiger partial charge in [0.1, 0.15) is 5.92 Å². The van der Waals surface area contributed by atoms with Gasteiger partial charge in [-0.15, -0.1) is 11.3 Å². The molecule has 0 aromatic carbocycles. The predicted octanol–water partition coefficient (Wildman–Crippen LogP) is 1.14. The number of hydrogen-bond acceptors (Lipinski definition) is 5. The van der Waals surface area contributed by atoms with Gasteiger partial charge in [0.2, 0.25) is 11.8 Å². The third kappa shape index (κ3) is 2.40.